The molecule has 1 aromatic heterocycles. The number of carbonyl (C=O) groups is 4. The van der Waals surface area contributed by atoms with Crippen LogP contribution in [0.25, 0.3) is 10.4 Å². The summed E-state index contributed by atoms with van der Waals surface area (Å²) in [5, 5.41) is 22.3. The fourth-order valence-electron chi connectivity index (χ4n) is 7.55. The normalized spacial score (nSPS) is 26.2. The molecule has 0 spiro atoms. The van der Waals surface area contributed by atoms with Gasteiger partial charge in [-0.1, -0.05) is 50.2 Å². The number of thiophene rings is 1. The molecule has 6 rings (SSSR count). The molecule has 2 aromatic rings. The molecule has 3 aliphatic carbocycles. The topological polar surface area (TPSA) is 147 Å². The number of hydrogen-bond acceptors (Lipinski definition) is 8. The summed E-state index contributed by atoms with van der Waals surface area (Å²) in [6, 6.07) is 8.48. The van der Waals surface area contributed by atoms with Crippen molar-refractivity contribution in [3.05, 3.63) is 59.5 Å². The molecule has 2 heterocycles. The number of aryl methyl sites for hydroxylation is 1. The first-order valence-corrected chi connectivity index (χ1v) is 18.6. The van der Waals surface area contributed by atoms with Crippen molar-refractivity contribution in [2.24, 2.45) is 16.5 Å². The number of rotatable bonds is 11. The zero-order chi connectivity index (χ0) is 35.6. The highest BCUT2D eigenvalue weighted by molar-refractivity contribution is 7.13. The number of nitrogens with zero attached hydrogens (tertiary/aromatic N) is 2. The van der Waals surface area contributed by atoms with E-state index in [2.05, 4.69) is 46.6 Å². The van der Waals surface area contributed by atoms with E-state index < -0.39 is 53.0 Å². The Balaban J connectivity index is 1.24. The van der Waals surface area contributed by atoms with Crippen molar-refractivity contribution in [3.8, 4) is 10.4 Å². The Morgan fingerprint density at radius 3 is 2.60 bits per heavy atom. The maximum absolute atomic E-state index is 14.4. The first-order chi connectivity index (χ1) is 23.9. The van der Waals surface area contributed by atoms with Crippen molar-refractivity contribution in [1.82, 2.24) is 15.5 Å². The third-order valence-corrected chi connectivity index (χ3v) is 11.4. The molecule has 1 aliphatic heterocycles. The number of amides is 3. The van der Waals surface area contributed by atoms with E-state index in [1.807, 2.05) is 32.2 Å². The standard InChI is InChI=1S/C38H48N4O7S/c1-5-10-25-21-38(25,35(45)46)40-33(43)30-20-27(22-42(30)34(44)32(37(2,3)4)39-36(47)48-26-12-6-7-13-26)49-41-29-14-8-11-23-16-17-24(19-28(23)29)31-15-9-18-50-31/h5,9,15-19,25-27,30,32H,1,6-8,10-14,20-22H2,2-4H3,(H,39,47)(H,40,43)(H,45,46)/b41-29+/t25-,27-,30+,32-,38-/m1/s1. The van der Waals surface area contributed by atoms with Gasteiger partial charge in [-0.3, -0.25) is 9.59 Å². The van der Waals surface area contributed by atoms with Crippen LogP contribution in [-0.4, -0.2) is 76.0 Å². The Morgan fingerprint density at radius 1 is 1.14 bits per heavy atom. The van der Waals surface area contributed by atoms with Crippen LogP contribution in [0.1, 0.15) is 89.7 Å². The average molecular weight is 705 g/mol. The van der Waals surface area contributed by atoms with Gasteiger partial charge in [-0.15, -0.1) is 17.9 Å². The fourth-order valence-corrected chi connectivity index (χ4v) is 8.27. The van der Waals surface area contributed by atoms with E-state index in [1.165, 1.54) is 10.5 Å². The molecule has 5 atom stereocenters. The highest BCUT2D eigenvalue weighted by Gasteiger charge is 2.62. The number of carboxylic acids is 1. The predicted octanol–water partition coefficient (Wildman–Crippen LogP) is 6.06. The van der Waals surface area contributed by atoms with Gasteiger partial charge < -0.3 is 30.2 Å². The molecule has 0 radical (unpaired) electrons. The lowest BCUT2D eigenvalue weighted by atomic mass is 9.85. The average Bonchev–Trinajstić information content (AvgIpc) is 3.59. The van der Waals surface area contributed by atoms with Crippen LogP contribution in [0.3, 0.4) is 0 Å². The van der Waals surface area contributed by atoms with Gasteiger partial charge in [0.05, 0.1) is 12.3 Å². The molecule has 2 saturated carbocycles. The molecule has 3 N–H and O–H groups in total. The van der Waals surface area contributed by atoms with E-state index in [9.17, 15) is 24.3 Å². The van der Waals surface area contributed by atoms with E-state index in [4.69, 9.17) is 9.57 Å². The lowest BCUT2D eigenvalue weighted by molar-refractivity contribution is -0.146. The molecule has 3 fully saturated rings. The Labute approximate surface area is 297 Å². The first-order valence-electron chi connectivity index (χ1n) is 17.7. The van der Waals surface area contributed by atoms with Crippen LogP contribution in [0.2, 0.25) is 0 Å². The van der Waals surface area contributed by atoms with Crippen molar-refractivity contribution in [2.45, 2.75) is 115 Å². The summed E-state index contributed by atoms with van der Waals surface area (Å²) in [4.78, 5) is 62.4. The number of benzene rings is 1. The van der Waals surface area contributed by atoms with Crippen molar-refractivity contribution >= 4 is 40.9 Å². The van der Waals surface area contributed by atoms with Gasteiger partial charge in [0.1, 0.15) is 29.8 Å². The number of fused-ring (bicyclic) bond motifs is 1. The lowest BCUT2D eigenvalue weighted by Gasteiger charge is -2.35. The first kappa shape index (κ1) is 35.6. The van der Waals surface area contributed by atoms with Gasteiger partial charge in [0, 0.05) is 16.9 Å². The van der Waals surface area contributed by atoms with Crippen LogP contribution in [0, 0.1) is 11.3 Å². The second kappa shape index (κ2) is 14.6. The number of carbonyl (C=O) groups excluding carboxylic acids is 3. The van der Waals surface area contributed by atoms with Crippen LogP contribution in [0.5, 0.6) is 0 Å². The van der Waals surface area contributed by atoms with Crippen molar-refractivity contribution in [3.63, 3.8) is 0 Å². The van der Waals surface area contributed by atoms with Gasteiger partial charge in [-0.25, -0.2) is 9.59 Å². The molecule has 3 amide bonds. The maximum atomic E-state index is 14.4. The number of likely N-dealkylation sites (tertiary alicyclic amines) is 1. The number of allylic oxidation sites excluding steroid dienone is 1. The van der Waals surface area contributed by atoms with E-state index in [0.29, 0.717) is 6.42 Å². The SMILES string of the molecule is C=CC[C@@H]1C[C@]1(NC(=O)[C@@H]1C[C@@H](O/N=C2\CCCc3ccc(-c4cccs4)cc32)CN1C(=O)[C@@H](NC(=O)OC1CCCC1)C(C)(C)C)C(=O)O. The van der Waals surface area contributed by atoms with Crippen LogP contribution >= 0.6 is 11.3 Å². The van der Waals surface area contributed by atoms with Crippen LogP contribution in [0.15, 0.2) is 53.5 Å². The van der Waals surface area contributed by atoms with E-state index >= 15 is 0 Å². The largest absolute Gasteiger partial charge is 0.479 e. The molecule has 1 aromatic carbocycles. The molecule has 1 saturated heterocycles. The number of alkyl carbamates (subject to hydrolysis) is 1. The van der Waals surface area contributed by atoms with Gasteiger partial charge in [0.15, 0.2) is 0 Å². The monoisotopic (exact) mass is 704 g/mol. The molecular formula is C38H48N4O7S. The summed E-state index contributed by atoms with van der Waals surface area (Å²) in [6.45, 7) is 9.28. The van der Waals surface area contributed by atoms with Crippen molar-refractivity contribution in [2.75, 3.05) is 6.54 Å². The lowest BCUT2D eigenvalue weighted by Crippen LogP contribution is -2.59. The Hall–Kier alpha value is -4.19. The number of carboxylic acid groups (broad SMARTS) is 1. The number of ether oxygens (including phenoxy) is 1. The van der Waals surface area contributed by atoms with Gasteiger partial charge >= 0.3 is 12.1 Å². The number of aliphatic carboxylic acids is 1. The highest BCUT2D eigenvalue weighted by atomic mass is 32.1. The van der Waals surface area contributed by atoms with Crippen LogP contribution in [-0.2, 0) is 30.4 Å². The van der Waals surface area contributed by atoms with Crippen LogP contribution < -0.4 is 10.6 Å². The van der Waals surface area contributed by atoms with Crippen LogP contribution in [0.4, 0.5) is 4.79 Å². The van der Waals surface area contributed by atoms with Gasteiger partial charge in [0.25, 0.3) is 0 Å². The minimum Gasteiger partial charge on any atom is -0.479 e. The summed E-state index contributed by atoms with van der Waals surface area (Å²) >= 11 is 1.67. The van der Waals surface area contributed by atoms with E-state index in [0.717, 1.165) is 66.7 Å². The Bertz CT molecular complexity index is 1640. The predicted molar refractivity (Wildman–Crippen MR) is 191 cm³/mol. The zero-order valence-electron chi connectivity index (χ0n) is 29.1. The maximum Gasteiger partial charge on any atom is 0.408 e. The number of hydrogen-bond donors (Lipinski definition) is 3. The molecule has 0 bridgehead atoms. The van der Waals surface area contributed by atoms with Gasteiger partial charge in [0.2, 0.25) is 11.8 Å². The highest BCUT2D eigenvalue weighted by Crippen LogP contribution is 2.46. The van der Waals surface area contributed by atoms with Crippen molar-refractivity contribution < 1.29 is 33.9 Å². The van der Waals surface area contributed by atoms with Crippen molar-refractivity contribution in [1.29, 1.82) is 0 Å². The second-order valence-corrected chi connectivity index (χ2v) is 16.1. The Kier molecular flexibility index (Phi) is 10.4. The summed E-state index contributed by atoms with van der Waals surface area (Å²) in [5.74, 6) is -2.44. The second-order valence-electron chi connectivity index (χ2n) is 15.2. The third kappa shape index (κ3) is 7.60. The van der Waals surface area contributed by atoms with E-state index in [-0.39, 0.29) is 31.4 Å². The summed E-state index contributed by atoms with van der Waals surface area (Å²) in [5.41, 5.74) is 2.00. The smallest absolute Gasteiger partial charge is 0.408 e. The molecule has 12 heteroatoms. The summed E-state index contributed by atoms with van der Waals surface area (Å²) in [7, 11) is 0. The summed E-state index contributed by atoms with van der Waals surface area (Å²) < 4.78 is 5.63. The number of nitrogens with one attached hydrogen (secondary N) is 2. The quantitative estimate of drug-likeness (QED) is 0.190. The molecule has 11 nitrogen and oxygen atoms in total. The molecule has 4 aliphatic rings. The molecule has 0 unspecified atom stereocenters. The van der Waals surface area contributed by atoms with Gasteiger partial charge in [-0.2, -0.15) is 0 Å². The number of oxime groups is 1. The molecule has 268 valence electrons. The van der Waals surface area contributed by atoms with Gasteiger partial charge in [-0.05, 0) is 97.8 Å². The Morgan fingerprint density at radius 2 is 1.92 bits per heavy atom. The summed E-state index contributed by atoms with van der Waals surface area (Å²) in [6.07, 6.45) is 7.13. The molecule has 50 heavy (non-hydrogen) atoms. The minimum atomic E-state index is -1.42. The fraction of sp³-hybridized carbons (Fsp3) is 0.553. The van der Waals surface area contributed by atoms with E-state index in [1.54, 1.807) is 17.4 Å². The third-order valence-electron chi connectivity index (χ3n) is 10.5. The minimum absolute atomic E-state index is 0.0396. The zero-order valence-corrected chi connectivity index (χ0v) is 29.9. The molecular weight excluding hydrogens is 657 g/mol.